The Hall–Kier alpha value is -0.120. The molecule has 2 aliphatic rings. The fraction of sp³-hybridized carbons (Fsp3) is 1.00. The molecule has 3 nitrogen and oxygen atoms in total. The van der Waals surface area contributed by atoms with E-state index in [1.165, 1.54) is 0 Å². The van der Waals surface area contributed by atoms with Crippen molar-refractivity contribution in [2.75, 3.05) is 19.8 Å². The fourth-order valence-corrected chi connectivity index (χ4v) is 1.59. The zero-order valence-electron chi connectivity index (χ0n) is 7.09. The van der Waals surface area contributed by atoms with Gasteiger partial charge in [-0.3, -0.25) is 0 Å². The van der Waals surface area contributed by atoms with Crippen LogP contribution in [0.4, 0.5) is 0 Å². The monoisotopic (exact) mass is 157 g/mol. The molecule has 3 heteroatoms. The Morgan fingerprint density at radius 1 is 1.27 bits per heavy atom. The summed E-state index contributed by atoms with van der Waals surface area (Å²) in [5.41, 5.74) is 0.159. The van der Waals surface area contributed by atoms with E-state index in [0.29, 0.717) is 12.1 Å². The van der Waals surface area contributed by atoms with Crippen molar-refractivity contribution < 1.29 is 9.47 Å². The van der Waals surface area contributed by atoms with Gasteiger partial charge in [0.2, 0.25) is 0 Å². The van der Waals surface area contributed by atoms with Crippen LogP contribution in [0.1, 0.15) is 13.8 Å². The second-order valence-electron chi connectivity index (χ2n) is 3.72. The van der Waals surface area contributed by atoms with Gasteiger partial charge in [0, 0.05) is 6.04 Å². The molecule has 0 aromatic rings. The normalized spacial score (nSPS) is 42.0. The molecule has 2 unspecified atom stereocenters. The lowest BCUT2D eigenvalue weighted by Crippen LogP contribution is -2.70. The molecule has 0 radical (unpaired) electrons. The third-order valence-electron chi connectivity index (χ3n) is 2.62. The van der Waals surface area contributed by atoms with Crippen LogP contribution in [-0.2, 0) is 9.47 Å². The molecule has 11 heavy (non-hydrogen) atoms. The molecule has 1 N–H and O–H groups in total. The molecule has 2 saturated heterocycles. The highest BCUT2D eigenvalue weighted by molar-refractivity contribution is 4.99. The first-order valence-electron chi connectivity index (χ1n) is 4.19. The first-order valence-corrected chi connectivity index (χ1v) is 4.19. The molecule has 0 aromatic carbocycles. The topological polar surface area (TPSA) is 30.5 Å². The van der Waals surface area contributed by atoms with Gasteiger partial charge < -0.3 is 14.8 Å². The highest BCUT2D eigenvalue weighted by Gasteiger charge is 2.43. The summed E-state index contributed by atoms with van der Waals surface area (Å²) in [6.45, 7) is 6.68. The Morgan fingerprint density at radius 3 is 2.45 bits per heavy atom. The summed E-state index contributed by atoms with van der Waals surface area (Å²) >= 11 is 0. The predicted molar refractivity (Wildman–Crippen MR) is 41.6 cm³/mol. The van der Waals surface area contributed by atoms with E-state index in [1.54, 1.807) is 0 Å². The minimum Gasteiger partial charge on any atom is -0.377 e. The summed E-state index contributed by atoms with van der Waals surface area (Å²) < 4.78 is 10.8. The molecule has 0 aliphatic carbocycles. The molecule has 2 atom stereocenters. The van der Waals surface area contributed by atoms with Gasteiger partial charge in [0.25, 0.3) is 0 Å². The number of hydrogen-bond donors (Lipinski definition) is 1. The average molecular weight is 157 g/mol. The van der Waals surface area contributed by atoms with Crippen molar-refractivity contribution in [3.8, 4) is 0 Å². The van der Waals surface area contributed by atoms with E-state index in [-0.39, 0.29) is 5.54 Å². The SMILES string of the molecule is CC1NC2(COC2)COC1C. The smallest absolute Gasteiger partial charge is 0.0892 e. The van der Waals surface area contributed by atoms with E-state index in [0.717, 1.165) is 19.8 Å². The van der Waals surface area contributed by atoms with Crippen molar-refractivity contribution >= 4 is 0 Å². The summed E-state index contributed by atoms with van der Waals surface area (Å²) in [6.07, 6.45) is 0.334. The number of nitrogens with one attached hydrogen (secondary N) is 1. The molecule has 64 valence electrons. The second kappa shape index (κ2) is 2.44. The van der Waals surface area contributed by atoms with Crippen LogP contribution in [0.15, 0.2) is 0 Å². The van der Waals surface area contributed by atoms with E-state index in [1.807, 2.05) is 0 Å². The fourth-order valence-electron chi connectivity index (χ4n) is 1.59. The molecule has 0 amide bonds. The first kappa shape index (κ1) is 7.53. The van der Waals surface area contributed by atoms with E-state index >= 15 is 0 Å². The van der Waals surface area contributed by atoms with Crippen molar-refractivity contribution in [3.63, 3.8) is 0 Å². The molecule has 2 heterocycles. The van der Waals surface area contributed by atoms with Crippen LogP contribution in [-0.4, -0.2) is 37.5 Å². The van der Waals surface area contributed by atoms with Gasteiger partial charge in [-0.1, -0.05) is 0 Å². The third kappa shape index (κ3) is 1.17. The summed E-state index contributed by atoms with van der Waals surface area (Å²) in [7, 11) is 0. The highest BCUT2D eigenvalue weighted by atomic mass is 16.5. The van der Waals surface area contributed by atoms with Crippen molar-refractivity contribution in [2.24, 2.45) is 0 Å². The number of rotatable bonds is 0. The molecule has 2 rings (SSSR count). The Balaban J connectivity index is 1.97. The van der Waals surface area contributed by atoms with Gasteiger partial charge in [-0.15, -0.1) is 0 Å². The molecule has 0 saturated carbocycles. The third-order valence-corrected chi connectivity index (χ3v) is 2.62. The maximum Gasteiger partial charge on any atom is 0.0892 e. The molecule has 0 bridgehead atoms. The van der Waals surface area contributed by atoms with E-state index in [9.17, 15) is 0 Å². The maximum atomic E-state index is 5.61. The van der Waals surface area contributed by atoms with Crippen LogP contribution in [0.5, 0.6) is 0 Å². The van der Waals surface area contributed by atoms with Crippen molar-refractivity contribution in [3.05, 3.63) is 0 Å². The molecule has 2 aliphatic heterocycles. The number of hydrogen-bond acceptors (Lipinski definition) is 3. The van der Waals surface area contributed by atoms with Crippen LogP contribution in [0.25, 0.3) is 0 Å². The van der Waals surface area contributed by atoms with E-state index in [4.69, 9.17) is 9.47 Å². The Labute approximate surface area is 67.1 Å². The largest absolute Gasteiger partial charge is 0.377 e. The molecule has 2 fully saturated rings. The molecular weight excluding hydrogens is 142 g/mol. The Bertz CT molecular complexity index is 156. The molecule has 0 aromatic heterocycles. The Morgan fingerprint density at radius 2 is 2.00 bits per heavy atom. The van der Waals surface area contributed by atoms with Gasteiger partial charge >= 0.3 is 0 Å². The number of ether oxygens (including phenoxy) is 2. The maximum absolute atomic E-state index is 5.61. The highest BCUT2D eigenvalue weighted by Crippen LogP contribution is 2.23. The summed E-state index contributed by atoms with van der Waals surface area (Å²) in [5.74, 6) is 0. The van der Waals surface area contributed by atoms with Crippen LogP contribution < -0.4 is 5.32 Å². The second-order valence-corrected chi connectivity index (χ2v) is 3.72. The zero-order valence-corrected chi connectivity index (χ0v) is 7.09. The summed E-state index contributed by atoms with van der Waals surface area (Å²) in [5, 5.41) is 3.53. The van der Waals surface area contributed by atoms with E-state index < -0.39 is 0 Å². The Kier molecular flexibility index (Phi) is 1.67. The zero-order chi connectivity index (χ0) is 7.90. The lowest BCUT2D eigenvalue weighted by Gasteiger charge is -2.48. The lowest BCUT2D eigenvalue weighted by atomic mass is 9.94. The summed E-state index contributed by atoms with van der Waals surface area (Å²) in [6, 6.07) is 0.452. The van der Waals surface area contributed by atoms with E-state index in [2.05, 4.69) is 19.2 Å². The van der Waals surface area contributed by atoms with Crippen LogP contribution in [0, 0.1) is 0 Å². The minimum absolute atomic E-state index is 0.159. The van der Waals surface area contributed by atoms with Crippen molar-refractivity contribution in [2.45, 2.75) is 31.5 Å². The average Bonchev–Trinajstić information content (AvgIpc) is 1.92. The van der Waals surface area contributed by atoms with Crippen molar-refractivity contribution in [1.82, 2.24) is 5.32 Å². The van der Waals surface area contributed by atoms with Gasteiger partial charge in [-0.2, -0.15) is 0 Å². The lowest BCUT2D eigenvalue weighted by molar-refractivity contribution is -0.159. The van der Waals surface area contributed by atoms with Crippen LogP contribution in [0.3, 0.4) is 0 Å². The number of morpholine rings is 1. The predicted octanol–water partition coefficient (Wildman–Crippen LogP) is 0.152. The first-order chi connectivity index (χ1) is 5.22. The van der Waals surface area contributed by atoms with Crippen molar-refractivity contribution in [1.29, 1.82) is 0 Å². The van der Waals surface area contributed by atoms with Gasteiger partial charge in [-0.25, -0.2) is 0 Å². The quantitative estimate of drug-likeness (QED) is 0.543. The van der Waals surface area contributed by atoms with Crippen LogP contribution in [0.2, 0.25) is 0 Å². The van der Waals surface area contributed by atoms with Gasteiger partial charge in [0.15, 0.2) is 0 Å². The standard InChI is InChI=1S/C8H15NO2/c1-6-7(2)11-5-8(9-6)3-10-4-8/h6-7,9H,3-5H2,1-2H3. The minimum atomic E-state index is 0.159. The van der Waals surface area contributed by atoms with Gasteiger partial charge in [0.1, 0.15) is 0 Å². The molecular formula is C8H15NO2. The summed E-state index contributed by atoms with van der Waals surface area (Å²) in [4.78, 5) is 0. The molecule has 1 spiro atoms. The van der Waals surface area contributed by atoms with Gasteiger partial charge in [-0.05, 0) is 13.8 Å². The van der Waals surface area contributed by atoms with Gasteiger partial charge in [0.05, 0.1) is 31.5 Å². The van der Waals surface area contributed by atoms with Crippen LogP contribution >= 0.6 is 0 Å².